The number of Topliss-reactive ketones (excluding diaryl/α,β-unsaturated/α-hetero) is 1. The van der Waals surface area contributed by atoms with Crippen molar-refractivity contribution in [3.05, 3.63) is 23.9 Å². The molecule has 0 radical (unpaired) electrons. The molecule has 83 heavy (non-hydrogen) atoms. The van der Waals surface area contributed by atoms with Gasteiger partial charge < -0.3 is 71.9 Å². The lowest BCUT2D eigenvalue weighted by Crippen LogP contribution is -2.49. The second-order valence-corrected chi connectivity index (χ2v) is 24.2. The smallest absolute Gasteiger partial charge is 0.255 e. The van der Waals surface area contributed by atoms with E-state index in [0.717, 1.165) is 31.4 Å². The van der Waals surface area contributed by atoms with Gasteiger partial charge in [0.1, 0.15) is 28.9 Å². The number of likely N-dealkylation sites (N-methyl/N-ethyl adjacent to an activating group) is 6. The van der Waals surface area contributed by atoms with Gasteiger partial charge in [0, 0.05) is 84.2 Å². The molecule has 0 bridgehead atoms. The number of rotatable bonds is 47. The summed E-state index contributed by atoms with van der Waals surface area (Å²) in [4.78, 5) is 143. The van der Waals surface area contributed by atoms with Crippen molar-refractivity contribution < 1.29 is 47.9 Å². The molecule has 27 heteroatoms. The lowest BCUT2D eigenvalue weighted by molar-refractivity contribution is -0.140. The number of hydrogen-bond donors (Lipinski definition) is 8. The number of amides is 9. The molecule has 3 atom stereocenters. The van der Waals surface area contributed by atoms with Gasteiger partial charge >= 0.3 is 0 Å². The number of hydrogen-bond acceptors (Lipinski definition) is 18. The lowest BCUT2D eigenvalue weighted by atomic mass is 10.1. The van der Waals surface area contributed by atoms with Crippen molar-refractivity contribution >= 4 is 80.5 Å². The molecule has 25 nitrogen and oxygen atoms in total. The van der Waals surface area contributed by atoms with Gasteiger partial charge in [0.2, 0.25) is 47.3 Å². The highest BCUT2D eigenvalue weighted by atomic mass is 33.1. The molecular weight excluding hydrogens is 1110 g/mol. The molecule has 0 unspecified atom stereocenters. The van der Waals surface area contributed by atoms with E-state index in [1.165, 1.54) is 28.8 Å². The van der Waals surface area contributed by atoms with Crippen LogP contribution >= 0.6 is 21.6 Å². The molecule has 0 aliphatic carbocycles. The summed E-state index contributed by atoms with van der Waals surface area (Å²) in [5.41, 5.74) is 0.352. The zero-order chi connectivity index (χ0) is 62.1. The molecule has 0 saturated carbocycles. The zero-order valence-electron chi connectivity index (χ0n) is 51.6. The van der Waals surface area contributed by atoms with Crippen LogP contribution < -0.4 is 42.5 Å². The maximum absolute atomic E-state index is 14.2. The fourth-order valence-corrected chi connectivity index (χ4v) is 10.3. The Balaban J connectivity index is 3.05. The summed E-state index contributed by atoms with van der Waals surface area (Å²) in [6, 6.07) is 1.04. The third kappa shape index (κ3) is 37.5. The minimum absolute atomic E-state index is 0.0504. The molecular formula is C56H101N15O10S2. The van der Waals surface area contributed by atoms with E-state index in [2.05, 4.69) is 47.5 Å². The van der Waals surface area contributed by atoms with Crippen molar-refractivity contribution in [2.24, 2.45) is 0 Å². The summed E-state index contributed by atoms with van der Waals surface area (Å²) in [6.07, 6.45) is 8.75. The number of aromatic nitrogens is 1. The summed E-state index contributed by atoms with van der Waals surface area (Å²) in [5.74, 6) is -1.70. The highest BCUT2D eigenvalue weighted by molar-refractivity contribution is 8.76. The first kappa shape index (κ1) is 75.6. The van der Waals surface area contributed by atoms with Gasteiger partial charge in [0.25, 0.3) is 5.91 Å². The van der Waals surface area contributed by atoms with Crippen molar-refractivity contribution in [3.8, 4) is 0 Å². The normalized spacial score (nSPS) is 12.3. The van der Waals surface area contributed by atoms with E-state index < -0.39 is 18.1 Å². The highest BCUT2D eigenvalue weighted by Gasteiger charge is 2.28. The van der Waals surface area contributed by atoms with Crippen LogP contribution in [0.15, 0.2) is 23.4 Å². The van der Waals surface area contributed by atoms with Crippen molar-refractivity contribution in [2.75, 3.05) is 155 Å². The van der Waals surface area contributed by atoms with Gasteiger partial charge in [-0.15, -0.1) is 0 Å². The van der Waals surface area contributed by atoms with Crippen LogP contribution in [0.1, 0.15) is 107 Å². The van der Waals surface area contributed by atoms with Gasteiger partial charge in [-0.2, -0.15) is 0 Å². The monoisotopic (exact) mass is 1210 g/mol. The van der Waals surface area contributed by atoms with E-state index in [9.17, 15) is 47.9 Å². The van der Waals surface area contributed by atoms with Gasteiger partial charge in [0.15, 0.2) is 0 Å². The number of carbonyl (C=O) groups is 10. The number of ketones is 1. The Morgan fingerprint density at radius 2 is 0.988 bits per heavy atom. The Morgan fingerprint density at radius 1 is 0.518 bits per heavy atom. The molecule has 0 aromatic carbocycles. The maximum atomic E-state index is 14.2. The largest absolute Gasteiger partial charge is 0.355 e. The van der Waals surface area contributed by atoms with Crippen molar-refractivity contribution in [3.63, 3.8) is 0 Å². The number of unbranched alkanes of at least 4 members (excludes halogenated alkanes) is 5. The summed E-state index contributed by atoms with van der Waals surface area (Å²) in [6.45, 7) is 4.96. The van der Waals surface area contributed by atoms with Crippen LogP contribution in [-0.2, 0) is 43.2 Å². The average molecular weight is 1210 g/mol. The van der Waals surface area contributed by atoms with Crippen molar-refractivity contribution in [2.45, 2.75) is 120 Å². The predicted molar refractivity (Wildman–Crippen MR) is 327 cm³/mol. The third-order valence-corrected chi connectivity index (χ3v) is 14.9. The first-order valence-electron chi connectivity index (χ1n) is 28.9. The van der Waals surface area contributed by atoms with Gasteiger partial charge in [-0.1, -0.05) is 30.1 Å². The molecule has 0 aliphatic rings. The molecule has 1 rings (SSSR count). The first-order chi connectivity index (χ1) is 39.4. The lowest BCUT2D eigenvalue weighted by Gasteiger charge is -2.26. The van der Waals surface area contributed by atoms with Crippen LogP contribution in [0.2, 0.25) is 0 Å². The molecule has 0 saturated heterocycles. The van der Waals surface area contributed by atoms with E-state index in [4.69, 9.17) is 0 Å². The second-order valence-electron chi connectivity index (χ2n) is 21.7. The minimum Gasteiger partial charge on any atom is -0.355 e. The number of carbonyl (C=O) groups excluding carboxylic acids is 10. The van der Waals surface area contributed by atoms with Crippen LogP contribution in [0.3, 0.4) is 0 Å². The topological polar surface area (TPSA) is 299 Å². The minimum atomic E-state index is -0.860. The fraction of sp³-hybridized carbons (Fsp3) is 0.732. The number of pyridine rings is 1. The molecule has 1 aromatic rings. The number of nitrogens with zero attached hydrogens (tertiary/aromatic N) is 7. The zero-order valence-corrected chi connectivity index (χ0v) is 53.2. The van der Waals surface area contributed by atoms with Crippen LogP contribution in [0.25, 0.3) is 0 Å². The Bertz CT molecular complexity index is 2120. The number of nitrogens with one attached hydrogen (secondary N) is 8. The van der Waals surface area contributed by atoms with E-state index in [0.29, 0.717) is 94.7 Å². The Labute approximate surface area is 501 Å². The SMILES string of the molecule is CNCCNC(=O)[C@H](CC(C)=O)N(C)C(=O)CCCCCSSc1ccc(C(=O)N(CCCNC(=O)[C@H](CCCCCNC(=O)CN(C)C)NC(=O)CN(C)C)CCCNC(=O)[C@H](CCCCNC(=O)CN(C)C)NC(=O)CN(C)C)cn1. The molecule has 8 N–H and O–H groups in total. The fourth-order valence-electron chi connectivity index (χ4n) is 8.29. The molecule has 1 heterocycles. The first-order valence-corrected chi connectivity index (χ1v) is 31.2. The summed E-state index contributed by atoms with van der Waals surface area (Å²) < 4.78 is 0. The maximum Gasteiger partial charge on any atom is 0.255 e. The molecule has 9 amide bonds. The van der Waals surface area contributed by atoms with Crippen molar-refractivity contribution in [1.82, 2.24) is 76.9 Å². The Morgan fingerprint density at radius 3 is 1.47 bits per heavy atom. The predicted octanol–water partition coefficient (Wildman–Crippen LogP) is 0.158. The molecule has 0 fully saturated rings. The standard InChI is InChI=1S/C56H101N15O10S2/c1-42(72)36-46(55(80)62-32-31-57-2)70(11)52(77)24-15-13-19-35-82-83-51-26-25-43(37-63-51)56(81)71(34-21-30-61-54(79)45(65-50(76)41-69(9)10)23-16-18-28-59-48(74)39-67(5)6)33-20-29-60-53(78)44(64-49(75)40-68(7)8)22-14-12-17-27-58-47(73)38-66(3)4/h25-26,37,44-46,57H,12-24,27-36,38-41H2,1-11H3,(H,58,73)(H,59,74)(H,60,78)(H,61,79)(H,62,80)(H,64,75)(H,65,76)/t44-,45-,46-/m0/s1. The second kappa shape index (κ2) is 45.0. The van der Waals surface area contributed by atoms with Gasteiger partial charge in [0.05, 0.1) is 31.7 Å². The van der Waals surface area contributed by atoms with E-state index in [1.54, 1.807) is 89.7 Å². The molecule has 472 valence electrons. The van der Waals surface area contributed by atoms with Crippen molar-refractivity contribution in [1.29, 1.82) is 0 Å². The summed E-state index contributed by atoms with van der Waals surface area (Å²) in [7, 11) is 20.7. The molecule has 0 spiro atoms. The van der Waals surface area contributed by atoms with Gasteiger partial charge in [-0.05, 0) is 151 Å². The van der Waals surface area contributed by atoms with Gasteiger partial charge in [-0.3, -0.25) is 47.9 Å². The average Bonchev–Trinajstić information content (AvgIpc) is 3.43. The van der Waals surface area contributed by atoms with Crippen LogP contribution in [0.5, 0.6) is 0 Å². The third-order valence-electron chi connectivity index (χ3n) is 12.5. The summed E-state index contributed by atoms with van der Waals surface area (Å²) >= 11 is 0. The van der Waals surface area contributed by atoms with E-state index in [1.807, 2.05) is 28.2 Å². The van der Waals surface area contributed by atoms with Crippen LogP contribution in [0, 0.1) is 0 Å². The van der Waals surface area contributed by atoms with Crippen LogP contribution in [0.4, 0.5) is 0 Å². The highest BCUT2D eigenvalue weighted by Crippen LogP contribution is 2.30. The molecule has 1 aromatic heterocycles. The van der Waals surface area contributed by atoms with E-state index >= 15 is 0 Å². The van der Waals surface area contributed by atoms with E-state index in [-0.39, 0.29) is 118 Å². The Kier molecular flexibility index (Phi) is 41.0. The summed E-state index contributed by atoms with van der Waals surface area (Å²) in [5, 5.41) is 23.8. The van der Waals surface area contributed by atoms with Crippen LogP contribution in [-0.4, -0.2) is 266 Å². The quantitative estimate of drug-likeness (QED) is 0.0319. The van der Waals surface area contributed by atoms with Gasteiger partial charge in [-0.25, -0.2) is 4.98 Å². The molecule has 0 aliphatic heterocycles. The Hall–Kier alpha value is -5.45.